The van der Waals surface area contributed by atoms with Gasteiger partial charge in [0.15, 0.2) is 6.29 Å². The van der Waals surface area contributed by atoms with Crippen LogP contribution >= 0.6 is 0 Å². The van der Waals surface area contributed by atoms with Crippen LogP contribution in [0, 0.1) is 11.8 Å². The fourth-order valence-electron chi connectivity index (χ4n) is 4.26. The van der Waals surface area contributed by atoms with Crippen molar-refractivity contribution < 1.29 is 54.4 Å². The quantitative estimate of drug-likeness (QED) is 0.219. The average molecular weight is 466 g/mol. The molecule has 6 N–H and O–H groups in total. The third-order valence-electron chi connectivity index (χ3n) is 6.05. The number of aliphatic hydroxyl groups excluding tert-OH is 5. The lowest BCUT2D eigenvalue weighted by Crippen LogP contribution is -2.60. The maximum absolute atomic E-state index is 12.5. The van der Waals surface area contributed by atoms with Crippen molar-refractivity contribution in [3.63, 3.8) is 0 Å². The summed E-state index contributed by atoms with van der Waals surface area (Å²) in [6.45, 7) is -0.987. The zero-order valence-corrected chi connectivity index (χ0v) is 17.4. The number of benzene rings is 1. The molecule has 1 aliphatic carbocycles. The second kappa shape index (κ2) is 9.77. The van der Waals surface area contributed by atoms with Crippen LogP contribution in [-0.2, 0) is 18.9 Å². The Morgan fingerprint density at radius 1 is 1.00 bits per heavy atom. The number of aromatic hydroxyl groups is 1. The number of ether oxygens (including phenoxy) is 4. The molecule has 1 aromatic rings. The first-order valence-corrected chi connectivity index (χ1v) is 10.4. The molecule has 0 radical (unpaired) electrons. The van der Waals surface area contributed by atoms with E-state index in [1.807, 2.05) is 0 Å². The monoisotopic (exact) mass is 466 g/mol. The van der Waals surface area contributed by atoms with Crippen molar-refractivity contribution in [2.45, 2.75) is 43.1 Å². The molecule has 0 aromatic heterocycles. The smallest absolute Gasteiger partial charge is 0.338 e. The summed E-state index contributed by atoms with van der Waals surface area (Å²) < 4.78 is 22.3. The Labute approximate surface area is 188 Å². The first-order chi connectivity index (χ1) is 15.8. The van der Waals surface area contributed by atoms with Gasteiger partial charge in [0, 0.05) is 5.92 Å². The fourth-order valence-corrected chi connectivity index (χ4v) is 4.26. The molecule has 11 nitrogen and oxygen atoms in total. The number of phenols is 1. The first kappa shape index (κ1) is 23.6. The zero-order valence-electron chi connectivity index (χ0n) is 17.4. The van der Waals surface area contributed by atoms with Crippen molar-refractivity contribution in [3.05, 3.63) is 53.8 Å². The first-order valence-electron chi connectivity index (χ1n) is 10.4. The molecule has 0 saturated carbocycles. The molecule has 3 aliphatic rings. The van der Waals surface area contributed by atoms with Crippen LogP contribution in [0.25, 0.3) is 0 Å². The van der Waals surface area contributed by atoms with Crippen molar-refractivity contribution in [1.29, 1.82) is 0 Å². The Morgan fingerprint density at radius 3 is 2.39 bits per heavy atom. The highest BCUT2D eigenvalue weighted by Gasteiger charge is 2.50. The maximum Gasteiger partial charge on any atom is 0.338 e. The van der Waals surface area contributed by atoms with Gasteiger partial charge in [0.05, 0.1) is 31.0 Å². The van der Waals surface area contributed by atoms with E-state index in [4.69, 9.17) is 18.9 Å². The predicted molar refractivity (Wildman–Crippen MR) is 108 cm³/mol. The molecule has 33 heavy (non-hydrogen) atoms. The van der Waals surface area contributed by atoms with Crippen LogP contribution in [-0.4, -0.2) is 92.9 Å². The Hall–Kier alpha value is -2.51. The van der Waals surface area contributed by atoms with E-state index in [1.165, 1.54) is 30.5 Å². The van der Waals surface area contributed by atoms with Gasteiger partial charge in [0.1, 0.15) is 36.3 Å². The highest BCUT2D eigenvalue weighted by atomic mass is 16.8. The highest BCUT2D eigenvalue weighted by molar-refractivity contribution is 5.89. The van der Waals surface area contributed by atoms with Gasteiger partial charge in [-0.1, -0.05) is 0 Å². The summed E-state index contributed by atoms with van der Waals surface area (Å²) >= 11 is 0. The summed E-state index contributed by atoms with van der Waals surface area (Å²) in [6, 6.07) is 5.57. The summed E-state index contributed by atoms with van der Waals surface area (Å²) in [5.41, 5.74) is 0.711. The third-order valence-corrected chi connectivity index (χ3v) is 6.05. The molecule has 180 valence electrons. The predicted octanol–water partition coefficient (Wildman–Crippen LogP) is -1.23. The van der Waals surface area contributed by atoms with Gasteiger partial charge in [-0.2, -0.15) is 0 Å². The SMILES string of the molecule is O=C(O[C@H]1C=C(CO)[C@@H]2[C@@H](O[C@H]3O[C@@H](CO)[C@H](O)[C@@H](O)[C@@H]3O)OC=C[C@@H]21)c1ccc(O)cc1. The lowest BCUT2D eigenvalue weighted by molar-refractivity contribution is -0.339. The standard InChI is InChI=1S/C22H26O11/c23-8-11-7-14(31-20(29)10-1-3-12(25)4-2-10)13-5-6-30-21(16(11)13)33-22-19(28)18(27)17(26)15(9-24)32-22/h1-7,13-19,21-28H,8-9H2/t13-,14+,15+,16+,17+,18-,19+,21-,22-/m1/s1. The normalized spacial score (nSPS) is 37.7. The minimum atomic E-state index is -1.62. The van der Waals surface area contributed by atoms with Crippen molar-refractivity contribution in [1.82, 2.24) is 0 Å². The van der Waals surface area contributed by atoms with E-state index in [1.54, 1.807) is 12.2 Å². The van der Waals surface area contributed by atoms with Crippen LogP contribution in [0.1, 0.15) is 10.4 Å². The zero-order chi connectivity index (χ0) is 23.7. The molecule has 11 heteroatoms. The van der Waals surface area contributed by atoms with E-state index in [0.717, 1.165) is 0 Å². The molecular formula is C22H26O11. The third kappa shape index (κ3) is 4.62. The van der Waals surface area contributed by atoms with Crippen LogP contribution in [0.4, 0.5) is 0 Å². The topological polar surface area (TPSA) is 175 Å². The van der Waals surface area contributed by atoms with Gasteiger partial charge in [-0.25, -0.2) is 4.79 Å². The highest BCUT2D eigenvalue weighted by Crippen LogP contribution is 2.42. The molecular weight excluding hydrogens is 440 g/mol. The lowest BCUT2D eigenvalue weighted by atomic mass is 9.88. The van der Waals surface area contributed by atoms with Crippen molar-refractivity contribution in [2.75, 3.05) is 13.2 Å². The number of carbonyl (C=O) groups excluding carboxylic acids is 1. The van der Waals surface area contributed by atoms with Crippen molar-refractivity contribution in [3.8, 4) is 5.75 Å². The van der Waals surface area contributed by atoms with Crippen LogP contribution in [0.3, 0.4) is 0 Å². The molecule has 2 aliphatic heterocycles. The summed E-state index contributed by atoms with van der Waals surface area (Å²) in [5, 5.41) is 58.8. The lowest BCUT2D eigenvalue weighted by Gasteiger charge is -2.42. The number of hydrogen-bond donors (Lipinski definition) is 6. The molecule has 4 rings (SSSR count). The fraction of sp³-hybridized carbons (Fsp3) is 0.500. The maximum atomic E-state index is 12.5. The van der Waals surface area contributed by atoms with Crippen LogP contribution in [0.15, 0.2) is 48.3 Å². The Balaban J connectivity index is 1.49. The second-order valence-electron chi connectivity index (χ2n) is 8.09. The van der Waals surface area contributed by atoms with Crippen LogP contribution in [0.5, 0.6) is 5.75 Å². The summed E-state index contributed by atoms with van der Waals surface area (Å²) in [4.78, 5) is 12.5. The van der Waals surface area contributed by atoms with E-state index < -0.39 is 67.5 Å². The molecule has 0 amide bonds. The van der Waals surface area contributed by atoms with Gasteiger partial charge in [-0.15, -0.1) is 0 Å². The van der Waals surface area contributed by atoms with Crippen molar-refractivity contribution >= 4 is 5.97 Å². The molecule has 1 saturated heterocycles. The van der Waals surface area contributed by atoms with E-state index >= 15 is 0 Å². The number of rotatable bonds is 6. The average Bonchev–Trinajstić information content (AvgIpc) is 3.18. The molecule has 0 bridgehead atoms. The number of carbonyl (C=O) groups is 1. The number of phenolic OH excluding ortho intramolecular Hbond substituents is 1. The van der Waals surface area contributed by atoms with Crippen LogP contribution < -0.4 is 0 Å². The summed E-state index contributed by atoms with van der Waals surface area (Å²) in [7, 11) is 0. The second-order valence-corrected chi connectivity index (χ2v) is 8.09. The minimum Gasteiger partial charge on any atom is -0.508 e. The van der Waals surface area contributed by atoms with Gasteiger partial charge in [0.2, 0.25) is 6.29 Å². The Kier molecular flexibility index (Phi) is 7.00. The van der Waals surface area contributed by atoms with Gasteiger partial charge >= 0.3 is 5.97 Å². The number of aliphatic hydroxyl groups is 5. The van der Waals surface area contributed by atoms with Gasteiger partial charge in [-0.05, 0) is 42.0 Å². The minimum absolute atomic E-state index is 0.00971. The molecule has 1 fully saturated rings. The number of hydrogen-bond acceptors (Lipinski definition) is 11. The van der Waals surface area contributed by atoms with E-state index in [0.29, 0.717) is 5.57 Å². The summed E-state index contributed by atoms with van der Waals surface area (Å²) in [6.07, 6.45) is -4.61. The van der Waals surface area contributed by atoms with Crippen molar-refractivity contribution in [2.24, 2.45) is 11.8 Å². The summed E-state index contributed by atoms with van der Waals surface area (Å²) in [5.74, 6) is -1.68. The molecule has 1 aromatic carbocycles. The van der Waals surface area contributed by atoms with Crippen LogP contribution in [0.2, 0.25) is 0 Å². The molecule has 0 spiro atoms. The van der Waals surface area contributed by atoms with E-state index in [2.05, 4.69) is 0 Å². The van der Waals surface area contributed by atoms with Gasteiger partial charge < -0.3 is 49.6 Å². The largest absolute Gasteiger partial charge is 0.508 e. The Bertz CT molecular complexity index is 896. The molecule has 9 atom stereocenters. The van der Waals surface area contributed by atoms with E-state index in [9.17, 15) is 35.4 Å². The van der Waals surface area contributed by atoms with E-state index in [-0.39, 0.29) is 17.9 Å². The number of fused-ring (bicyclic) bond motifs is 1. The van der Waals surface area contributed by atoms with Gasteiger partial charge in [0.25, 0.3) is 0 Å². The molecule has 0 unspecified atom stereocenters. The Morgan fingerprint density at radius 2 is 1.73 bits per heavy atom. The number of esters is 1. The van der Waals surface area contributed by atoms with Gasteiger partial charge in [-0.3, -0.25) is 0 Å². The molecule has 2 heterocycles.